The lowest BCUT2D eigenvalue weighted by atomic mass is 9.45. The van der Waals surface area contributed by atoms with E-state index in [2.05, 4.69) is 36.5 Å². The second kappa shape index (κ2) is 4.11. The van der Waals surface area contributed by atoms with Crippen molar-refractivity contribution >= 4 is 15.7 Å². The Balaban J connectivity index is 2.60. The Morgan fingerprint density at radius 3 is 2.38 bits per heavy atom. The lowest BCUT2D eigenvalue weighted by molar-refractivity contribution is 0.174. The molecule has 1 aliphatic rings. The largest absolute Gasteiger partial charge is 0.0992 e. The molecule has 3 unspecified atom stereocenters. The molecule has 0 N–H and O–H groups in total. The van der Waals surface area contributed by atoms with Crippen molar-refractivity contribution in [3.8, 4) is 0 Å². The van der Waals surface area contributed by atoms with Gasteiger partial charge >= 0.3 is 0 Å². The molecule has 3 atom stereocenters. The molecular weight excluding hydrogens is 154 g/mol. The highest BCUT2D eigenvalue weighted by Gasteiger charge is 2.34. The molecule has 0 aromatic rings. The predicted octanol–water partition coefficient (Wildman–Crippen LogP) is 1.85. The lowest BCUT2D eigenvalue weighted by Gasteiger charge is -2.42. The van der Waals surface area contributed by atoms with Crippen LogP contribution in [0.25, 0.3) is 0 Å². The molecule has 0 aromatic heterocycles. The zero-order valence-corrected chi connectivity index (χ0v) is 10.1. The van der Waals surface area contributed by atoms with Crippen molar-refractivity contribution in [2.75, 3.05) is 0 Å². The quantitative estimate of drug-likeness (QED) is 0.566. The molecule has 0 spiro atoms. The van der Waals surface area contributed by atoms with E-state index in [9.17, 15) is 0 Å². The van der Waals surface area contributed by atoms with Crippen LogP contribution in [-0.4, -0.2) is 15.7 Å². The van der Waals surface area contributed by atoms with Crippen molar-refractivity contribution in [3.05, 3.63) is 0 Å². The molecule has 0 amide bonds. The minimum Gasteiger partial charge on any atom is -0.0842 e. The molecular formula is C11H24B2. The number of rotatable bonds is 2. The van der Waals surface area contributed by atoms with E-state index in [0.717, 1.165) is 17.8 Å². The first kappa shape index (κ1) is 11.2. The van der Waals surface area contributed by atoms with E-state index in [4.69, 9.17) is 0 Å². The molecule has 74 valence electrons. The van der Waals surface area contributed by atoms with E-state index in [-0.39, 0.29) is 0 Å². The van der Waals surface area contributed by atoms with Crippen molar-refractivity contribution in [1.29, 1.82) is 0 Å². The molecule has 1 fully saturated rings. The number of hydrogen-bond donors (Lipinski definition) is 0. The lowest BCUT2D eigenvalue weighted by Crippen LogP contribution is -2.32. The Kier molecular flexibility index (Phi) is 3.54. The normalized spacial score (nSPS) is 36.1. The van der Waals surface area contributed by atoms with E-state index in [1.54, 1.807) is 0 Å². The average Bonchev–Trinajstić information content (AvgIpc) is 2.03. The van der Waals surface area contributed by atoms with Gasteiger partial charge in [-0.3, -0.25) is 0 Å². The van der Waals surface area contributed by atoms with Crippen LogP contribution in [0, 0.1) is 17.8 Å². The second-order valence-corrected chi connectivity index (χ2v) is 6.04. The summed E-state index contributed by atoms with van der Waals surface area (Å²) in [6.07, 6.45) is 5.80. The first-order chi connectivity index (χ1) is 5.95. The Bertz CT molecular complexity index is 160. The van der Waals surface area contributed by atoms with Crippen molar-refractivity contribution < 1.29 is 0 Å². The molecule has 0 heterocycles. The van der Waals surface area contributed by atoms with Crippen LogP contribution in [-0.2, 0) is 0 Å². The van der Waals surface area contributed by atoms with Gasteiger partial charge in [0.05, 0.1) is 15.7 Å². The van der Waals surface area contributed by atoms with Crippen LogP contribution in [0.2, 0.25) is 5.21 Å². The molecule has 0 nitrogen and oxygen atoms in total. The Morgan fingerprint density at radius 1 is 1.31 bits per heavy atom. The van der Waals surface area contributed by atoms with Gasteiger partial charge < -0.3 is 0 Å². The summed E-state index contributed by atoms with van der Waals surface area (Å²) in [5.41, 5.74) is 0. The van der Waals surface area contributed by atoms with Crippen molar-refractivity contribution in [2.24, 2.45) is 17.8 Å². The van der Waals surface area contributed by atoms with E-state index in [1.165, 1.54) is 25.7 Å². The predicted molar refractivity (Wildman–Crippen MR) is 65.7 cm³/mol. The van der Waals surface area contributed by atoms with Gasteiger partial charge in [0, 0.05) is 0 Å². The Hall–Kier alpha value is 0.130. The summed E-state index contributed by atoms with van der Waals surface area (Å²) in [5.74, 6) is 2.91. The molecule has 1 rings (SSSR count). The van der Waals surface area contributed by atoms with Crippen LogP contribution in [0.3, 0.4) is 0 Å². The van der Waals surface area contributed by atoms with Crippen molar-refractivity contribution in [1.82, 2.24) is 0 Å². The molecule has 0 saturated heterocycles. The topological polar surface area (TPSA) is 0 Å². The maximum atomic E-state index is 2.45. The van der Waals surface area contributed by atoms with Crippen LogP contribution in [0.15, 0.2) is 0 Å². The molecule has 2 heteroatoms. The summed E-state index contributed by atoms with van der Waals surface area (Å²) >= 11 is 0. The Morgan fingerprint density at radius 2 is 1.92 bits per heavy atom. The highest BCUT2D eigenvalue weighted by molar-refractivity contribution is 6.39. The SMILES string of the molecule is BC(B)(C)C1CC(CC)CCC1C. The summed E-state index contributed by atoms with van der Waals surface area (Å²) in [6, 6.07) is 0. The molecule has 0 radical (unpaired) electrons. The molecule has 1 aliphatic carbocycles. The zero-order valence-electron chi connectivity index (χ0n) is 10.1. The first-order valence-electron chi connectivity index (χ1n) is 5.95. The van der Waals surface area contributed by atoms with Crippen LogP contribution in [0.1, 0.15) is 46.5 Å². The third-order valence-electron chi connectivity index (χ3n) is 3.99. The van der Waals surface area contributed by atoms with Crippen molar-refractivity contribution in [2.45, 2.75) is 51.7 Å². The highest BCUT2D eigenvalue weighted by Crippen LogP contribution is 2.45. The highest BCUT2D eigenvalue weighted by atomic mass is 14.4. The van der Waals surface area contributed by atoms with Crippen LogP contribution in [0.4, 0.5) is 0 Å². The number of hydrogen-bond acceptors (Lipinski definition) is 0. The average molecular weight is 178 g/mol. The smallest absolute Gasteiger partial charge is 0.0842 e. The minimum absolute atomic E-state index is 0.521. The minimum atomic E-state index is 0.521. The van der Waals surface area contributed by atoms with Gasteiger partial charge in [-0.2, -0.15) is 0 Å². The molecule has 1 saturated carbocycles. The van der Waals surface area contributed by atoms with Gasteiger partial charge in [0.1, 0.15) is 0 Å². The fourth-order valence-electron chi connectivity index (χ4n) is 2.99. The van der Waals surface area contributed by atoms with Gasteiger partial charge in [-0.25, -0.2) is 0 Å². The maximum absolute atomic E-state index is 2.45. The first-order valence-corrected chi connectivity index (χ1v) is 5.95. The third-order valence-corrected chi connectivity index (χ3v) is 3.99. The van der Waals surface area contributed by atoms with Gasteiger partial charge in [0.15, 0.2) is 0 Å². The van der Waals surface area contributed by atoms with Gasteiger partial charge in [-0.15, -0.1) is 0 Å². The van der Waals surface area contributed by atoms with E-state index >= 15 is 0 Å². The monoisotopic (exact) mass is 178 g/mol. The van der Waals surface area contributed by atoms with Crippen molar-refractivity contribution in [3.63, 3.8) is 0 Å². The molecule has 0 aromatic carbocycles. The Labute approximate surface area is 85.7 Å². The van der Waals surface area contributed by atoms with E-state index < -0.39 is 0 Å². The van der Waals surface area contributed by atoms with Gasteiger partial charge in [0.25, 0.3) is 0 Å². The zero-order chi connectivity index (χ0) is 10.1. The van der Waals surface area contributed by atoms with Crippen LogP contribution < -0.4 is 0 Å². The van der Waals surface area contributed by atoms with Gasteiger partial charge in [0.2, 0.25) is 0 Å². The maximum Gasteiger partial charge on any atom is 0.0992 e. The summed E-state index contributed by atoms with van der Waals surface area (Å²) in [5, 5.41) is 0.521. The van der Waals surface area contributed by atoms with Gasteiger partial charge in [-0.05, 0) is 24.2 Å². The second-order valence-electron chi connectivity index (χ2n) is 6.04. The summed E-state index contributed by atoms with van der Waals surface area (Å²) in [7, 11) is 4.82. The third kappa shape index (κ3) is 2.79. The molecule has 0 aliphatic heterocycles. The molecule has 0 bridgehead atoms. The van der Waals surface area contributed by atoms with E-state index in [0.29, 0.717) is 5.21 Å². The standard InChI is InChI=1S/C11H24B2/c1-4-9-6-5-8(2)10(7-9)11(3,12)13/h8-10H,4-7,12-13H2,1-3H3. The summed E-state index contributed by atoms with van der Waals surface area (Å²) < 4.78 is 0. The van der Waals surface area contributed by atoms with Gasteiger partial charge in [-0.1, -0.05) is 45.2 Å². The van der Waals surface area contributed by atoms with Crippen LogP contribution >= 0.6 is 0 Å². The summed E-state index contributed by atoms with van der Waals surface area (Å²) in [6.45, 7) is 7.20. The molecule has 13 heavy (non-hydrogen) atoms. The van der Waals surface area contributed by atoms with E-state index in [1.807, 2.05) is 0 Å². The summed E-state index contributed by atoms with van der Waals surface area (Å²) in [4.78, 5) is 0. The fourth-order valence-corrected chi connectivity index (χ4v) is 2.99. The van der Waals surface area contributed by atoms with Crippen LogP contribution in [0.5, 0.6) is 0 Å². The fraction of sp³-hybridized carbons (Fsp3) is 1.00.